The maximum atomic E-state index is 5.59. The average Bonchev–Trinajstić information content (AvgIpc) is 2.71. The smallest absolute Gasteiger partial charge is 0.0884 e. The van der Waals surface area contributed by atoms with Gasteiger partial charge >= 0.3 is 0 Å². The first kappa shape index (κ1) is 12.2. The Labute approximate surface area is 92.4 Å². The average molecular weight is 210 g/mol. The van der Waals surface area contributed by atoms with Crippen LogP contribution in [0.4, 0.5) is 0 Å². The molecule has 1 rings (SSSR count). The van der Waals surface area contributed by atoms with Crippen LogP contribution in [0.1, 0.15) is 51.8 Å². The quantitative estimate of drug-likeness (QED) is 0.646. The Hall–Kier alpha value is -0.830. The predicted octanol–water partition coefficient (Wildman–Crippen LogP) is 3.17. The lowest BCUT2D eigenvalue weighted by Gasteiger charge is -2.13. The molecule has 0 saturated carbocycles. The monoisotopic (exact) mass is 210 g/mol. The van der Waals surface area contributed by atoms with E-state index in [0.717, 1.165) is 19.4 Å². The topological polar surface area (TPSA) is 27.1 Å². The van der Waals surface area contributed by atoms with Crippen LogP contribution in [0.25, 0.3) is 0 Å². The molecule has 15 heavy (non-hydrogen) atoms. The molecular formula is C12H22N2O. The molecule has 0 aliphatic carbocycles. The van der Waals surface area contributed by atoms with Gasteiger partial charge in [0.2, 0.25) is 0 Å². The van der Waals surface area contributed by atoms with Gasteiger partial charge in [0.1, 0.15) is 0 Å². The Balaban J connectivity index is 2.43. The minimum Gasteiger partial charge on any atom is -0.375 e. The first-order valence-electron chi connectivity index (χ1n) is 5.89. The molecule has 3 nitrogen and oxygen atoms in total. The Morgan fingerprint density at radius 2 is 2.27 bits per heavy atom. The van der Waals surface area contributed by atoms with Crippen molar-refractivity contribution in [1.82, 2.24) is 9.78 Å². The predicted molar refractivity (Wildman–Crippen MR) is 61.8 cm³/mol. The molecule has 1 heterocycles. The summed E-state index contributed by atoms with van der Waals surface area (Å²) in [5.41, 5.74) is 1.18. The second-order valence-electron chi connectivity index (χ2n) is 3.93. The van der Waals surface area contributed by atoms with E-state index in [4.69, 9.17) is 4.74 Å². The lowest BCUT2D eigenvalue weighted by Crippen LogP contribution is -2.10. The molecule has 0 radical (unpaired) electrons. The molecule has 1 aromatic heterocycles. The summed E-state index contributed by atoms with van der Waals surface area (Å²) in [6, 6.07) is 2.50. The van der Waals surface area contributed by atoms with Gasteiger partial charge in [-0.2, -0.15) is 5.10 Å². The van der Waals surface area contributed by atoms with E-state index in [1.165, 1.54) is 12.1 Å². The van der Waals surface area contributed by atoms with Gasteiger partial charge in [-0.15, -0.1) is 0 Å². The molecule has 0 spiro atoms. The van der Waals surface area contributed by atoms with Crippen molar-refractivity contribution in [2.45, 2.75) is 52.7 Å². The van der Waals surface area contributed by atoms with Gasteiger partial charge in [-0.05, 0) is 25.8 Å². The highest BCUT2D eigenvalue weighted by molar-refractivity contribution is 5.00. The largest absolute Gasteiger partial charge is 0.375 e. The Morgan fingerprint density at radius 1 is 1.47 bits per heavy atom. The van der Waals surface area contributed by atoms with Gasteiger partial charge in [-0.3, -0.25) is 4.68 Å². The standard InChI is InChI=1S/C12H22N2O/c1-4-6-9-15-10-12-7-8-13-14(12)11(3)5-2/h7-8,11H,4-6,9-10H2,1-3H3/t11-/m0/s1. The summed E-state index contributed by atoms with van der Waals surface area (Å²) in [7, 11) is 0. The van der Waals surface area contributed by atoms with Crippen LogP contribution in [0.3, 0.4) is 0 Å². The third-order valence-corrected chi connectivity index (χ3v) is 2.65. The SMILES string of the molecule is CCCCOCc1ccnn1[C@@H](C)CC. The maximum Gasteiger partial charge on any atom is 0.0884 e. The minimum atomic E-state index is 0.463. The Morgan fingerprint density at radius 3 is 2.93 bits per heavy atom. The Kier molecular flexibility index (Phi) is 5.40. The van der Waals surface area contributed by atoms with Crippen LogP contribution < -0.4 is 0 Å². The summed E-state index contributed by atoms with van der Waals surface area (Å²) < 4.78 is 7.65. The number of aromatic nitrogens is 2. The van der Waals surface area contributed by atoms with Crippen LogP contribution in [0, 0.1) is 0 Å². The molecular weight excluding hydrogens is 188 g/mol. The van der Waals surface area contributed by atoms with Crippen LogP contribution in [0.2, 0.25) is 0 Å². The molecule has 0 N–H and O–H groups in total. The second-order valence-corrected chi connectivity index (χ2v) is 3.93. The van der Waals surface area contributed by atoms with Crippen molar-refractivity contribution in [3.63, 3.8) is 0 Å². The minimum absolute atomic E-state index is 0.463. The van der Waals surface area contributed by atoms with Gasteiger partial charge in [0.25, 0.3) is 0 Å². The fraction of sp³-hybridized carbons (Fsp3) is 0.750. The highest BCUT2D eigenvalue weighted by Crippen LogP contribution is 2.12. The van der Waals surface area contributed by atoms with Crippen molar-refractivity contribution in [1.29, 1.82) is 0 Å². The van der Waals surface area contributed by atoms with Crippen molar-refractivity contribution < 1.29 is 4.74 Å². The van der Waals surface area contributed by atoms with Crippen LogP contribution in [-0.4, -0.2) is 16.4 Å². The number of rotatable bonds is 7. The van der Waals surface area contributed by atoms with Crippen LogP contribution in [0.15, 0.2) is 12.3 Å². The third-order valence-electron chi connectivity index (χ3n) is 2.65. The molecule has 86 valence electrons. The zero-order valence-corrected chi connectivity index (χ0v) is 10.1. The van der Waals surface area contributed by atoms with Gasteiger partial charge in [0, 0.05) is 18.8 Å². The van der Waals surface area contributed by atoms with Crippen LogP contribution >= 0.6 is 0 Å². The van der Waals surface area contributed by atoms with E-state index >= 15 is 0 Å². The van der Waals surface area contributed by atoms with Crippen LogP contribution in [-0.2, 0) is 11.3 Å². The molecule has 0 fully saturated rings. The van der Waals surface area contributed by atoms with E-state index < -0.39 is 0 Å². The van der Waals surface area contributed by atoms with E-state index in [0.29, 0.717) is 12.6 Å². The zero-order chi connectivity index (χ0) is 11.1. The highest BCUT2D eigenvalue weighted by atomic mass is 16.5. The molecule has 0 saturated heterocycles. The van der Waals surface area contributed by atoms with Gasteiger partial charge < -0.3 is 4.74 Å². The first-order valence-corrected chi connectivity index (χ1v) is 5.89. The normalized spacial score (nSPS) is 13.0. The molecule has 0 aliphatic rings. The van der Waals surface area contributed by atoms with Crippen molar-refractivity contribution >= 4 is 0 Å². The maximum absolute atomic E-state index is 5.59. The summed E-state index contributed by atoms with van der Waals surface area (Å²) >= 11 is 0. The van der Waals surface area contributed by atoms with Crippen molar-refractivity contribution in [2.75, 3.05) is 6.61 Å². The lowest BCUT2D eigenvalue weighted by molar-refractivity contribution is 0.111. The van der Waals surface area contributed by atoms with Crippen molar-refractivity contribution in [3.8, 4) is 0 Å². The number of unbranched alkanes of at least 4 members (excludes halogenated alkanes) is 1. The first-order chi connectivity index (χ1) is 7.29. The number of nitrogens with zero attached hydrogens (tertiary/aromatic N) is 2. The van der Waals surface area contributed by atoms with Gasteiger partial charge in [0.15, 0.2) is 0 Å². The highest BCUT2D eigenvalue weighted by Gasteiger charge is 2.07. The molecule has 0 bridgehead atoms. The molecule has 0 aromatic carbocycles. The molecule has 0 amide bonds. The Bertz CT molecular complexity index is 270. The number of hydrogen-bond acceptors (Lipinski definition) is 2. The van der Waals surface area contributed by atoms with E-state index in [-0.39, 0.29) is 0 Å². The number of ether oxygens (including phenoxy) is 1. The van der Waals surface area contributed by atoms with E-state index in [1.54, 1.807) is 0 Å². The molecule has 0 aliphatic heterocycles. The summed E-state index contributed by atoms with van der Waals surface area (Å²) in [4.78, 5) is 0. The van der Waals surface area contributed by atoms with Gasteiger partial charge in [-0.1, -0.05) is 20.3 Å². The summed E-state index contributed by atoms with van der Waals surface area (Å²) in [5.74, 6) is 0. The zero-order valence-electron chi connectivity index (χ0n) is 10.1. The summed E-state index contributed by atoms with van der Waals surface area (Å²) in [6.45, 7) is 8.07. The van der Waals surface area contributed by atoms with E-state index in [9.17, 15) is 0 Å². The molecule has 0 unspecified atom stereocenters. The van der Waals surface area contributed by atoms with E-state index in [2.05, 4.69) is 30.6 Å². The number of hydrogen-bond donors (Lipinski definition) is 0. The van der Waals surface area contributed by atoms with Crippen molar-refractivity contribution in [3.05, 3.63) is 18.0 Å². The van der Waals surface area contributed by atoms with Gasteiger partial charge in [0.05, 0.1) is 12.3 Å². The fourth-order valence-electron chi connectivity index (χ4n) is 1.45. The molecule has 3 heteroatoms. The van der Waals surface area contributed by atoms with Crippen LogP contribution in [0.5, 0.6) is 0 Å². The van der Waals surface area contributed by atoms with Crippen molar-refractivity contribution in [2.24, 2.45) is 0 Å². The third kappa shape index (κ3) is 3.67. The summed E-state index contributed by atoms with van der Waals surface area (Å²) in [5, 5.41) is 4.32. The fourth-order valence-corrected chi connectivity index (χ4v) is 1.45. The molecule has 1 aromatic rings. The van der Waals surface area contributed by atoms with E-state index in [1.807, 2.05) is 12.3 Å². The second kappa shape index (κ2) is 6.62. The van der Waals surface area contributed by atoms with Gasteiger partial charge in [-0.25, -0.2) is 0 Å². The summed E-state index contributed by atoms with van der Waals surface area (Å²) in [6.07, 6.45) is 5.27. The lowest BCUT2D eigenvalue weighted by atomic mass is 10.2. The molecule has 1 atom stereocenters.